The summed E-state index contributed by atoms with van der Waals surface area (Å²) in [5.41, 5.74) is 2.28. The van der Waals surface area contributed by atoms with Crippen LogP contribution < -0.4 is 10.6 Å². The normalized spacial score (nSPS) is 19.4. The van der Waals surface area contributed by atoms with E-state index in [2.05, 4.69) is 49.1 Å². The topological polar surface area (TPSA) is 136 Å². The van der Waals surface area contributed by atoms with E-state index in [9.17, 15) is 14.0 Å². The highest BCUT2D eigenvalue weighted by Crippen LogP contribution is 2.30. The lowest BCUT2D eigenvalue weighted by Gasteiger charge is -2.28. The van der Waals surface area contributed by atoms with Gasteiger partial charge in [-0.15, -0.1) is 15.3 Å². The van der Waals surface area contributed by atoms with E-state index in [1.807, 2.05) is 0 Å². The van der Waals surface area contributed by atoms with Gasteiger partial charge in [-0.2, -0.15) is 0 Å². The third-order valence-corrected chi connectivity index (χ3v) is 7.02. The standard InChI is InChI=1S/C23H31FN8O3S/c1-14-9-16(15-5-7-35-8-6-15)10-18(26-14)11-20(33)27-23-30-29-21(36-23)4-3-17(24)12-32-13-19(28-31-32)22(34)25-2/h10,13-15,17H,3-9,11-12H2,1-2H3,(H,25,34)(H,27,30,33). The molecule has 4 heterocycles. The van der Waals surface area contributed by atoms with E-state index in [0.29, 0.717) is 22.5 Å². The molecule has 0 bridgehead atoms. The molecule has 2 aromatic rings. The number of alkyl halides is 1. The van der Waals surface area contributed by atoms with Gasteiger partial charge in [0, 0.05) is 32.4 Å². The second-order valence-electron chi connectivity index (χ2n) is 9.05. The molecule has 2 N–H and O–H groups in total. The van der Waals surface area contributed by atoms with Crippen LogP contribution in [0.2, 0.25) is 0 Å². The number of carbonyl (C=O) groups excluding carboxylic acids is 2. The second-order valence-corrected chi connectivity index (χ2v) is 10.1. The fraction of sp³-hybridized carbons (Fsp3) is 0.609. The van der Waals surface area contributed by atoms with Crippen molar-refractivity contribution in [1.29, 1.82) is 0 Å². The van der Waals surface area contributed by atoms with Gasteiger partial charge in [0.25, 0.3) is 5.91 Å². The third-order valence-electron chi connectivity index (χ3n) is 6.12. The highest BCUT2D eigenvalue weighted by molar-refractivity contribution is 7.15. The number of hydrogen-bond donors (Lipinski definition) is 2. The Balaban J connectivity index is 1.24. The van der Waals surface area contributed by atoms with Crippen LogP contribution >= 0.6 is 11.3 Å². The van der Waals surface area contributed by atoms with Gasteiger partial charge in [0.2, 0.25) is 11.0 Å². The van der Waals surface area contributed by atoms with Crippen LogP contribution in [0.5, 0.6) is 0 Å². The Hall–Kier alpha value is -3.06. The molecule has 4 rings (SSSR count). The Kier molecular flexibility index (Phi) is 8.86. The summed E-state index contributed by atoms with van der Waals surface area (Å²) in [6, 6.07) is 0.158. The predicted octanol–water partition coefficient (Wildman–Crippen LogP) is 2.37. The zero-order valence-electron chi connectivity index (χ0n) is 20.4. The van der Waals surface area contributed by atoms with Crippen molar-refractivity contribution < 1.29 is 18.7 Å². The Bertz CT molecular complexity index is 1120. The maximum atomic E-state index is 14.4. The number of carbonyl (C=O) groups is 2. The molecule has 0 aromatic carbocycles. The Labute approximate surface area is 212 Å². The van der Waals surface area contributed by atoms with Gasteiger partial charge in [0.1, 0.15) is 11.2 Å². The van der Waals surface area contributed by atoms with Crippen LogP contribution in [0.4, 0.5) is 9.52 Å². The molecule has 2 aliphatic heterocycles. The number of aryl methyl sites for hydroxylation is 1. The first-order valence-electron chi connectivity index (χ1n) is 12.1. The fourth-order valence-electron chi connectivity index (χ4n) is 4.36. The van der Waals surface area contributed by atoms with Crippen LogP contribution in [-0.4, -0.2) is 75.2 Å². The lowest BCUT2D eigenvalue weighted by atomic mass is 9.85. The van der Waals surface area contributed by atoms with Crippen LogP contribution in [0.25, 0.3) is 0 Å². The van der Waals surface area contributed by atoms with Gasteiger partial charge in [0.05, 0.1) is 25.2 Å². The van der Waals surface area contributed by atoms with Crippen molar-refractivity contribution in [3.05, 3.63) is 28.5 Å². The molecule has 2 unspecified atom stereocenters. The molecule has 0 saturated carbocycles. The Morgan fingerprint density at radius 1 is 1.28 bits per heavy atom. The molecular formula is C23H31FN8O3S. The van der Waals surface area contributed by atoms with Crippen molar-refractivity contribution in [1.82, 2.24) is 30.5 Å². The molecule has 2 aliphatic rings. The number of nitrogens with one attached hydrogen (secondary N) is 2. The first kappa shape index (κ1) is 26.0. The molecule has 0 radical (unpaired) electrons. The lowest BCUT2D eigenvalue weighted by Crippen LogP contribution is -2.24. The van der Waals surface area contributed by atoms with Gasteiger partial charge in [-0.05, 0) is 44.6 Å². The second kappa shape index (κ2) is 12.3. The first-order chi connectivity index (χ1) is 17.4. The maximum Gasteiger partial charge on any atom is 0.273 e. The minimum atomic E-state index is -1.20. The zero-order valence-corrected chi connectivity index (χ0v) is 21.3. The highest BCUT2D eigenvalue weighted by atomic mass is 32.1. The molecule has 11 nitrogen and oxygen atoms in total. The van der Waals surface area contributed by atoms with Gasteiger partial charge < -0.3 is 15.4 Å². The Morgan fingerprint density at radius 3 is 2.86 bits per heavy atom. The molecule has 13 heteroatoms. The summed E-state index contributed by atoms with van der Waals surface area (Å²) in [6.45, 7) is 3.62. The molecule has 194 valence electrons. The van der Waals surface area contributed by atoms with Crippen molar-refractivity contribution in [2.75, 3.05) is 25.6 Å². The molecular weight excluding hydrogens is 487 g/mol. The monoisotopic (exact) mass is 518 g/mol. The minimum Gasteiger partial charge on any atom is -0.381 e. The largest absolute Gasteiger partial charge is 0.381 e. The summed E-state index contributed by atoms with van der Waals surface area (Å²) in [6.07, 6.45) is 5.99. The smallest absolute Gasteiger partial charge is 0.273 e. The maximum absolute atomic E-state index is 14.4. The highest BCUT2D eigenvalue weighted by Gasteiger charge is 2.24. The van der Waals surface area contributed by atoms with E-state index in [-0.39, 0.29) is 42.9 Å². The number of aromatic nitrogens is 5. The summed E-state index contributed by atoms with van der Waals surface area (Å²) in [4.78, 5) is 28.8. The quantitative estimate of drug-likeness (QED) is 0.493. The number of amides is 2. The van der Waals surface area contributed by atoms with Crippen LogP contribution in [0.1, 0.15) is 54.5 Å². The average molecular weight is 519 g/mol. The minimum absolute atomic E-state index is 0.0175. The van der Waals surface area contributed by atoms with Crippen LogP contribution in [0, 0.1) is 5.92 Å². The van der Waals surface area contributed by atoms with Crippen molar-refractivity contribution in [2.24, 2.45) is 10.9 Å². The summed E-state index contributed by atoms with van der Waals surface area (Å²) in [5, 5.41) is 21.8. The van der Waals surface area contributed by atoms with Crippen LogP contribution in [0.15, 0.2) is 22.8 Å². The SMILES string of the molecule is CNC(=O)c1cn(CC(F)CCc2nnc(NC(=O)CC3=NC(C)CC(C4CCOCC4)=C3)s2)nn1. The number of hydrogen-bond acceptors (Lipinski definition) is 9. The molecule has 2 aromatic heterocycles. The fourth-order valence-corrected chi connectivity index (χ4v) is 5.13. The predicted molar refractivity (Wildman–Crippen MR) is 133 cm³/mol. The van der Waals surface area contributed by atoms with Gasteiger partial charge in [0.15, 0.2) is 5.69 Å². The number of dihydropyridines is 1. The van der Waals surface area contributed by atoms with E-state index in [4.69, 9.17) is 4.74 Å². The number of anilines is 1. The lowest BCUT2D eigenvalue weighted by molar-refractivity contribution is -0.115. The molecule has 0 spiro atoms. The summed E-state index contributed by atoms with van der Waals surface area (Å²) in [5.74, 6) is -0.0715. The van der Waals surface area contributed by atoms with E-state index in [1.165, 1.54) is 34.8 Å². The molecule has 0 aliphatic carbocycles. The van der Waals surface area contributed by atoms with E-state index in [1.54, 1.807) is 0 Å². The van der Waals surface area contributed by atoms with Crippen molar-refractivity contribution in [3.63, 3.8) is 0 Å². The van der Waals surface area contributed by atoms with E-state index >= 15 is 0 Å². The number of allylic oxidation sites excluding steroid dienone is 1. The zero-order chi connectivity index (χ0) is 25.5. The number of halogens is 1. The summed E-state index contributed by atoms with van der Waals surface area (Å²) >= 11 is 1.23. The van der Waals surface area contributed by atoms with Gasteiger partial charge >= 0.3 is 0 Å². The Morgan fingerprint density at radius 2 is 2.08 bits per heavy atom. The van der Waals surface area contributed by atoms with Gasteiger partial charge in [-0.3, -0.25) is 14.6 Å². The summed E-state index contributed by atoms with van der Waals surface area (Å²) < 4.78 is 21.2. The molecule has 2 atom stereocenters. The molecule has 36 heavy (non-hydrogen) atoms. The van der Waals surface area contributed by atoms with E-state index < -0.39 is 6.17 Å². The number of rotatable bonds is 10. The van der Waals surface area contributed by atoms with Gasteiger partial charge in [-0.1, -0.05) is 22.1 Å². The number of nitrogens with zero attached hydrogens (tertiary/aromatic N) is 6. The first-order valence-corrected chi connectivity index (χ1v) is 12.9. The number of ether oxygens (including phenoxy) is 1. The summed E-state index contributed by atoms with van der Waals surface area (Å²) in [7, 11) is 1.49. The van der Waals surface area contributed by atoms with Crippen LogP contribution in [0.3, 0.4) is 0 Å². The molecule has 2 amide bonds. The number of aliphatic imine (C=N–C) groups is 1. The van der Waals surface area contributed by atoms with Crippen molar-refractivity contribution in [2.45, 2.75) is 64.2 Å². The third kappa shape index (κ3) is 7.23. The molecule has 1 saturated heterocycles. The van der Waals surface area contributed by atoms with E-state index in [0.717, 1.165) is 38.2 Å². The average Bonchev–Trinajstić information content (AvgIpc) is 3.52. The van der Waals surface area contributed by atoms with Gasteiger partial charge in [-0.25, -0.2) is 9.07 Å². The van der Waals surface area contributed by atoms with Crippen LogP contribution in [-0.2, 0) is 22.5 Å². The molecule has 1 fully saturated rings. The van der Waals surface area contributed by atoms with Crippen molar-refractivity contribution >= 4 is 34.0 Å². The van der Waals surface area contributed by atoms with Crippen molar-refractivity contribution in [3.8, 4) is 0 Å².